The van der Waals surface area contributed by atoms with Gasteiger partial charge in [0, 0.05) is 0 Å². The van der Waals surface area contributed by atoms with Gasteiger partial charge in [-0.25, -0.2) is 13.2 Å². The number of carbonyl (C=O) groups excluding carboxylic acids is 1. The van der Waals surface area contributed by atoms with Crippen molar-refractivity contribution >= 4 is 17.3 Å². The Morgan fingerprint density at radius 2 is 1.67 bits per heavy atom. The highest BCUT2D eigenvalue weighted by atomic mass is 19.4. The van der Waals surface area contributed by atoms with Crippen molar-refractivity contribution in [3.05, 3.63) is 58.9 Å². The lowest BCUT2D eigenvalue weighted by molar-refractivity contribution is -0.294. The predicted octanol–water partition coefficient (Wildman–Crippen LogP) is 4.93. The van der Waals surface area contributed by atoms with Crippen molar-refractivity contribution in [2.45, 2.75) is 32.5 Å². The second kappa shape index (κ2) is 8.55. The maximum Gasteiger partial charge on any atom is 0.420 e. The summed E-state index contributed by atoms with van der Waals surface area (Å²) in [6, 6.07) is 5.37. The molecule has 2 aromatic rings. The first-order valence-corrected chi connectivity index (χ1v) is 9.02. The zero-order chi connectivity index (χ0) is 22.9. The van der Waals surface area contributed by atoms with E-state index < -0.39 is 59.5 Å². The number of aryl methyl sites for hydroxylation is 1. The van der Waals surface area contributed by atoms with Crippen LogP contribution in [0.4, 0.5) is 37.7 Å². The molecule has 4 nitrogen and oxygen atoms in total. The summed E-state index contributed by atoms with van der Waals surface area (Å²) in [6.07, 6.45) is -4.94. The zero-order valence-corrected chi connectivity index (χ0v) is 16.4. The number of amides is 1. The topological polar surface area (TPSA) is 52.6 Å². The molecule has 2 N–H and O–H groups in total. The third-order valence-corrected chi connectivity index (χ3v) is 4.43. The summed E-state index contributed by atoms with van der Waals surface area (Å²) in [5.41, 5.74) is -3.96. The van der Waals surface area contributed by atoms with Gasteiger partial charge < -0.3 is 15.3 Å². The van der Waals surface area contributed by atoms with Gasteiger partial charge in [0.2, 0.25) is 0 Å². The molecular weight excluding hydrogens is 414 g/mol. The lowest BCUT2D eigenvalue weighted by atomic mass is 9.92. The molecule has 1 aliphatic heterocycles. The molecule has 1 saturated heterocycles. The van der Waals surface area contributed by atoms with E-state index in [1.807, 2.05) is 13.8 Å². The van der Waals surface area contributed by atoms with Gasteiger partial charge in [-0.05, 0) is 36.8 Å². The molecule has 0 radical (unpaired) electrons. The first-order chi connectivity index (χ1) is 13.9. The van der Waals surface area contributed by atoms with Crippen LogP contribution in [0.25, 0.3) is 0 Å². The van der Waals surface area contributed by atoms with Crippen LogP contribution in [-0.2, 0) is 0 Å². The van der Waals surface area contributed by atoms with Crippen molar-refractivity contribution in [2.75, 3.05) is 18.4 Å². The van der Waals surface area contributed by atoms with Crippen LogP contribution < -0.4 is 5.32 Å². The molecule has 2 aromatic carbocycles. The van der Waals surface area contributed by atoms with E-state index in [4.69, 9.17) is 0 Å². The Morgan fingerprint density at radius 1 is 1.07 bits per heavy atom. The molecule has 0 aliphatic carbocycles. The standard InChI is InChI=1S/C18H14F6N2O2.C2H6/c1-9-2-5-13(12(20)6-9)25-15-10(3-4-11(19)14(15)21)16(27)26-7-17(28,8-26)18(22,23)24;1-2/h2-6,25,28H,7-8H2,1H3;1-2H3. The number of halogens is 6. The van der Waals surface area contributed by atoms with Crippen molar-refractivity contribution in [3.8, 4) is 0 Å². The second-order valence-electron chi connectivity index (χ2n) is 6.58. The number of hydrogen-bond acceptors (Lipinski definition) is 3. The number of benzene rings is 2. The molecule has 0 aromatic heterocycles. The zero-order valence-electron chi connectivity index (χ0n) is 16.4. The second-order valence-corrected chi connectivity index (χ2v) is 6.58. The average molecular weight is 434 g/mol. The highest BCUT2D eigenvalue weighted by Crippen LogP contribution is 2.39. The number of hydrogen-bond donors (Lipinski definition) is 2. The summed E-state index contributed by atoms with van der Waals surface area (Å²) >= 11 is 0. The maximum absolute atomic E-state index is 14.3. The Hall–Kier alpha value is -2.75. The molecule has 10 heteroatoms. The molecule has 3 rings (SSSR count). The van der Waals surface area contributed by atoms with Crippen LogP contribution in [-0.4, -0.2) is 40.8 Å². The lowest BCUT2D eigenvalue weighted by Gasteiger charge is -2.46. The van der Waals surface area contributed by atoms with Crippen LogP contribution in [0.2, 0.25) is 0 Å². The van der Waals surface area contributed by atoms with Crippen molar-refractivity contribution in [1.29, 1.82) is 0 Å². The molecule has 1 amide bonds. The smallest absolute Gasteiger partial charge is 0.378 e. The predicted molar refractivity (Wildman–Crippen MR) is 99.0 cm³/mol. The van der Waals surface area contributed by atoms with E-state index in [0.29, 0.717) is 16.5 Å². The lowest BCUT2D eigenvalue weighted by Crippen LogP contribution is -2.70. The van der Waals surface area contributed by atoms with Crippen LogP contribution in [0.15, 0.2) is 30.3 Å². The molecule has 164 valence electrons. The van der Waals surface area contributed by atoms with Gasteiger partial charge in [0.05, 0.1) is 30.0 Å². The fourth-order valence-electron chi connectivity index (χ4n) is 2.79. The highest BCUT2D eigenvalue weighted by molar-refractivity contribution is 6.01. The Bertz CT molecular complexity index is 940. The molecule has 0 saturated carbocycles. The Kier molecular flexibility index (Phi) is 6.70. The molecule has 1 aliphatic rings. The van der Waals surface area contributed by atoms with Crippen LogP contribution in [0, 0.1) is 24.4 Å². The number of rotatable bonds is 3. The third kappa shape index (κ3) is 4.38. The fourth-order valence-corrected chi connectivity index (χ4v) is 2.79. The van der Waals surface area contributed by atoms with Crippen molar-refractivity contribution in [2.24, 2.45) is 0 Å². The number of likely N-dealkylation sites (tertiary alicyclic amines) is 1. The van der Waals surface area contributed by atoms with Crippen molar-refractivity contribution in [3.63, 3.8) is 0 Å². The number of β-amino-alcohol motifs (C(OH)–C–C–N with tert-alkyl or cyclic N) is 1. The molecule has 0 spiro atoms. The number of nitrogens with zero attached hydrogens (tertiary/aromatic N) is 1. The van der Waals surface area contributed by atoms with Gasteiger partial charge in [-0.2, -0.15) is 13.2 Å². The first-order valence-electron chi connectivity index (χ1n) is 9.02. The third-order valence-electron chi connectivity index (χ3n) is 4.43. The van der Waals surface area contributed by atoms with E-state index in [9.17, 15) is 36.2 Å². The van der Waals surface area contributed by atoms with Gasteiger partial charge in [0.1, 0.15) is 5.82 Å². The van der Waals surface area contributed by atoms with Gasteiger partial charge in [0.15, 0.2) is 17.2 Å². The van der Waals surface area contributed by atoms with Crippen molar-refractivity contribution in [1.82, 2.24) is 4.90 Å². The van der Waals surface area contributed by atoms with E-state index in [-0.39, 0.29) is 5.69 Å². The SMILES string of the molecule is CC.Cc1ccc(Nc2c(C(=O)N3CC(O)(C(F)(F)F)C3)ccc(F)c2F)c(F)c1. The van der Waals surface area contributed by atoms with Gasteiger partial charge in [-0.15, -0.1) is 0 Å². The molecule has 0 atom stereocenters. The molecule has 0 bridgehead atoms. The largest absolute Gasteiger partial charge is 0.420 e. The van der Waals surface area contributed by atoms with Gasteiger partial charge in [0.25, 0.3) is 5.91 Å². The molecule has 30 heavy (non-hydrogen) atoms. The minimum atomic E-state index is -4.94. The number of carbonyl (C=O) groups is 1. The monoisotopic (exact) mass is 434 g/mol. The minimum Gasteiger partial charge on any atom is -0.378 e. The minimum absolute atomic E-state index is 0.250. The summed E-state index contributed by atoms with van der Waals surface area (Å²) in [5.74, 6) is -4.68. The molecule has 1 fully saturated rings. The summed E-state index contributed by atoms with van der Waals surface area (Å²) in [4.78, 5) is 13.1. The van der Waals surface area contributed by atoms with E-state index in [1.165, 1.54) is 12.1 Å². The first kappa shape index (κ1) is 23.5. The van der Waals surface area contributed by atoms with E-state index >= 15 is 0 Å². The van der Waals surface area contributed by atoms with Gasteiger partial charge in [-0.3, -0.25) is 4.79 Å². The van der Waals surface area contributed by atoms with E-state index in [0.717, 1.165) is 12.1 Å². The number of anilines is 2. The van der Waals surface area contributed by atoms with Crippen LogP contribution in [0.5, 0.6) is 0 Å². The Morgan fingerprint density at radius 3 is 2.20 bits per heavy atom. The summed E-state index contributed by atoms with van der Waals surface area (Å²) in [6.45, 7) is 3.51. The van der Waals surface area contributed by atoms with Crippen LogP contribution in [0.1, 0.15) is 29.8 Å². The molecular formula is C20H20F6N2O2. The number of nitrogens with one attached hydrogen (secondary N) is 1. The average Bonchev–Trinajstić information content (AvgIpc) is 2.65. The van der Waals surface area contributed by atoms with Crippen LogP contribution in [0.3, 0.4) is 0 Å². The van der Waals surface area contributed by atoms with E-state index in [1.54, 1.807) is 6.92 Å². The quantitative estimate of drug-likeness (QED) is 0.674. The van der Waals surface area contributed by atoms with Crippen LogP contribution >= 0.6 is 0 Å². The van der Waals surface area contributed by atoms with Gasteiger partial charge in [-0.1, -0.05) is 19.9 Å². The summed E-state index contributed by atoms with van der Waals surface area (Å²) in [5, 5.41) is 11.7. The Labute approximate surface area is 169 Å². The Balaban J connectivity index is 0.00000155. The maximum atomic E-state index is 14.3. The van der Waals surface area contributed by atoms with Crippen molar-refractivity contribution < 1.29 is 36.2 Å². The number of alkyl halides is 3. The van der Waals surface area contributed by atoms with E-state index in [2.05, 4.69) is 5.32 Å². The number of aliphatic hydroxyl groups is 1. The summed E-state index contributed by atoms with van der Waals surface area (Å²) in [7, 11) is 0. The molecule has 1 heterocycles. The fraction of sp³-hybridized carbons (Fsp3) is 0.350. The summed E-state index contributed by atoms with van der Waals surface area (Å²) < 4.78 is 80.2. The van der Waals surface area contributed by atoms with Gasteiger partial charge >= 0.3 is 6.18 Å². The highest BCUT2D eigenvalue weighted by Gasteiger charge is 2.62. The molecule has 0 unspecified atom stereocenters. The normalized spacial score (nSPS) is 15.1.